The van der Waals surface area contributed by atoms with E-state index in [9.17, 15) is 14.0 Å². The molecule has 0 saturated carbocycles. The number of morpholine rings is 1. The highest BCUT2D eigenvalue weighted by atomic mass is 19.1. The fraction of sp³-hybridized carbons (Fsp3) is 0.333. The number of ketones is 1. The number of ether oxygens (including phenoxy) is 2. The van der Waals surface area contributed by atoms with Crippen LogP contribution in [0.3, 0.4) is 0 Å². The lowest BCUT2D eigenvalue weighted by Crippen LogP contribution is -2.35. The molecule has 3 rings (SSSR count). The normalized spacial score (nSPS) is 14.9. The lowest BCUT2D eigenvalue weighted by atomic mass is 10.0. The van der Waals surface area contributed by atoms with Crippen molar-refractivity contribution in [1.29, 1.82) is 0 Å². The quantitative estimate of drug-likeness (QED) is 0.228. The third kappa shape index (κ3) is 5.99. The van der Waals surface area contributed by atoms with E-state index in [-0.39, 0.29) is 17.7 Å². The molecule has 0 aromatic heterocycles. The Hall–Kier alpha value is -3.03. The van der Waals surface area contributed by atoms with Gasteiger partial charge in [-0.1, -0.05) is 24.3 Å². The van der Waals surface area contributed by atoms with Gasteiger partial charge in [-0.2, -0.15) is 0 Å². The zero-order valence-corrected chi connectivity index (χ0v) is 17.8. The SMILES string of the molecule is CCOC(=O)C(=CNc1ccccc1C)C(=O)c1cc(CN2CCOCC2)ccc1F. The molecule has 7 heteroatoms. The van der Waals surface area contributed by atoms with Gasteiger partial charge in [0, 0.05) is 31.5 Å². The van der Waals surface area contributed by atoms with Crippen LogP contribution in [-0.4, -0.2) is 49.6 Å². The van der Waals surface area contributed by atoms with Crippen molar-refractivity contribution in [2.24, 2.45) is 0 Å². The fourth-order valence-electron chi connectivity index (χ4n) is 3.32. The predicted octanol–water partition coefficient (Wildman–Crippen LogP) is 3.71. The molecule has 6 nitrogen and oxygen atoms in total. The summed E-state index contributed by atoms with van der Waals surface area (Å²) in [4.78, 5) is 27.8. The zero-order chi connectivity index (χ0) is 22.2. The number of hydrogen-bond donors (Lipinski definition) is 1. The zero-order valence-electron chi connectivity index (χ0n) is 17.8. The van der Waals surface area contributed by atoms with Crippen molar-refractivity contribution in [3.05, 3.63) is 76.7 Å². The average molecular weight is 426 g/mol. The third-order valence-electron chi connectivity index (χ3n) is 5.04. The molecule has 0 amide bonds. The van der Waals surface area contributed by atoms with Gasteiger partial charge in [-0.15, -0.1) is 0 Å². The van der Waals surface area contributed by atoms with Gasteiger partial charge in [0.2, 0.25) is 5.78 Å². The number of nitrogens with zero attached hydrogens (tertiary/aromatic N) is 1. The van der Waals surface area contributed by atoms with Crippen molar-refractivity contribution in [1.82, 2.24) is 4.90 Å². The third-order valence-corrected chi connectivity index (χ3v) is 5.04. The second-order valence-electron chi connectivity index (χ2n) is 7.27. The average Bonchev–Trinajstić information content (AvgIpc) is 2.77. The number of hydrogen-bond acceptors (Lipinski definition) is 6. The number of para-hydroxylation sites is 1. The molecule has 1 aliphatic heterocycles. The lowest BCUT2D eigenvalue weighted by Gasteiger charge is -2.26. The number of carbonyl (C=O) groups is 2. The maximum atomic E-state index is 14.6. The maximum Gasteiger partial charge on any atom is 0.343 e. The van der Waals surface area contributed by atoms with E-state index in [2.05, 4.69) is 10.2 Å². The summed E-state index contributed by atoms with van der Waals surface area (Å²) in [5.41, 5.74) is 2.05. The minimum absolute atomic E-state index is 0.105. The van der Waals surface area contributed by atoms with Crippen molar-refractivity contribution in [2.75, 3.05) is 38.2 Å². The number of anilines is 1. The van der Waals surface area contributed by atoms with Crippen LogP contribution in [-0.2, 0) is 20.8 Å². The molecular weight excluding hydrogens is 399 g/mol. The number of Topliss-reactive ketones (excluding diaryl/α,β-unsaturated/α-hetero) is 1. The summed E-state index contributed by atoms with van der Waals surface area (Å²) in [5, 5.41) is 2.97. The van der Waals surface area contributed by atoms with Crippen LogP contribution in [0.2, 0.25) is 0 Å². The van der Waals surface area contributed by atoms with Gasteiger partial charge in [0.25, 0.3) is 0 Å². The number of rotatable bonds is 8. The van der Waals surface area contributed by atoms with Crippen LogP contribution in [0.25, 0.3) is 0 Å². The molecule has 1 heterocycles. The molecule has 1 N–H and O–H groups in total. The summed E-state index contributed by atoms with van der Waals surface area (Å²) < 4.78 is 25.0. The Balaban J connectivity index is 1.87. The first-order valence-electron chi connectivity index (χ1n) is 10.3. The minimum Gasteiger partial charge on any atom is -0.462 e. The molecule has 164 valence electrons. The van der Waals surface area contributed by atoms with Crippen molar-refractivity contribution in [3.8, 4) is 0 Å². The highest BCUT2D eigenvalue weighted by Gasteiger charge is 2.24. The molecule has 1 fully saturated rings. The first kappa shape index (κ1) is 22.7. The monoisotopic (exact) mass is 426 g/mol. The number of carbonyl (C=O) groups excluding carboxylic acids is 2. The number of nitrogens with one attached hydrogen (secondary N) is 1. The van der Waals surface area contributed by atoms with Gasteiger partial charge in [0.15, 0.2) is 0 Å². The van der Waals surface area contributed by atoms with Gasteiger partial charge < -0.3 is 14.8 Å². The van der Waals surface area contributed by atoms with E-state index >= 15 is 0 Å². The summed E-state index contributed by atoms with van der Waals surface area (Å²) in [6.07, 6.45) is 1.29. The number of aryl methyl sites for hydroxylation is 1. The summed E-state index contributed by atoms with van der Waals surface area (Å²) in [7, 11) is 0. The lowest BCUT2D eigenvalue weighted by molar-refractivity contribution is -0.138. The van der Waals surface area contributed by atoms with E-state index in [1.54, 1.807) is 13.0 Å². The molecule has 2 aromatic carbocycles. The second kappa shape index (κ2) is 10.8. The van der Waals surface area contributed by atoms with E-state index in [1.165, 1.54) is 18.3 Å². The van der Waals surface area contributed by atoms with Crippen LogP contribution in [0.5, 0.6) is 0 Å². The van der Waals surface area contributed by atoms with Gasteiger partial charge in [-0.3, -0.25) is 9.69 Å². The highest BCUT2D eigenvalue weighted by molar-refractivity contribution is 6.24. The predicted molar refractivity (Wildman–Crippen MR) is 116 cm³/mol. The molecule has 2 aromatic rings. The van der Waals surface area contributed by atoms with Gasteiger partial charge in [0.1, 0.15) is 11.4 Å². The first-order valence-corrected chi connectivity index (χ1v) is 10.3. The Labute approximate surface area is 181 Å². The van der Waals surface area contributed by atoms with Crippen molar-refractivity contribution in [2.45, 2.75) is 20.4 Å². The fourth-order valence-corrected chi connectivity index (χ4v) is 3.32. The molecular formula is C24H27FN2O4. The minimum atomic E-state index is -0.799. The smallest absolute Gasteiger partial charge is 0.343 e. The van der Waals surface area contributed by atoms with E-state index in [0.29, 0.717) is 19.8 Å². The highest BCUT2D eigenvalue weighted by Crippen LogP contribution is 2.19. The summed E-state index contributed by atoms with van der Waals surface area (Å²) in [5.74, 6) is -2.20. The van der Waals surface area contributed by atoms with Gasteiger partial charge in [-0.25, -0.2) is 9.18 Å². The van der Waals surface area contributed by atoms with E-state index < -0.39 is 17.6 Å². The molecule has 0 spiro atoms. The van der Waals surface area contributed by atoms with Crippen LogP contribution in [0, 0.1) is 12.7 Å². The van der Waals surface area contributed by atoms with Crippen LogP contribution < -0.4 is 5.32 Å². The molecule has 0 bridgehead atoms. The van der Waals surface area contributed by atoms with Gasteiger partial charge in [0.05, 0.1) is 25.4 Å². The van der Waals surface area contributed by atoms with Gasteiger partial charge >= 0.3 is 5.97 Å². The van der Waals surface area contributed by atoms with E-state index in [1.807, 2.05) is 31.2 Å². The molecule has 0 radical (unpaired) electrons. The largest absolute Gasteiger partial charge is 0.462 e. The van der Waals surface area contributed by atoms with Crippen LogP contribution >= 0.6 is 0 Å². The summed E-state index contributed by atoms with van der Waals surface area (Å²) in [6.45, 7) is 7.07. The topological polar surface area (TPSA) is 67.9 Å². The van der Waals surface area contributed by atoms with Crippen LogP contribution in [0.1, 0.15) is 28.4 Å². The Morgan fingerprint density at radius 1 is 1.19 bits per heavy atom. The summed E-state index contributed by atoms with van der Waals surface area (Å²) >= 11 is 0. The Morgan fingerprint density at radius 3 is 2.65 bits per heavy atom. The molecule has 0 unspecified atom stereocenters. The Bertz CT molecular complexity index is 968. The first-order chi connectivity index (χ1) is 15.0. The van der Waals surface area contributed by atoms with Crippen LogP contribution in [0.4, 0.5) is 10.1 Å². The number of halogens is 1. The van der Waals surface area contributed by atoms with Crippen LogP contribution in [0.15, 0.2) is 54.2 Å². The van der Waals surface area contributed by atoms with E-state index in [4.69, 9.17) is 9.47 Å². The molecule has 0 aliphatic carbocycles. The summed E-state index contributed by atoms with van der Waals surface area (Å²) in [6, 6.07) is 11.9. The van der Waals surface area contributed by atoms with E-state index in [0.717, 1.165) is 29.9 Å². The Morgan fingerprint density at radius 2 is 1.94 bits per heavy atom. The second-order valence-corrected chi connectivity index (χ2v) is 7.27. The maximum absolute atomic E-state index is 14.6. The molecule has 0 atom stereocenters. The van der Waals surface area contributed by atoms with Crippen molar-refractivity contribution < 1.29 is 23.5 Å². The Kier molecular flexibility index (Phi) is 7.92. The number of benzene rings is 2. The standard InChI is InChI=1S/C24H27FN2O4/c1-3-31-24(29)20(15-26-22-7-5-4-6-17(22)2)23(28)19-14-18(8-9-21(19)25)16-27-10-12-30-13-11-27/h4-9,14-15,26H,3,10-13,16H2,1-2H3. The number of esters is 1. The molecule has 1 saturated heterocycles. The van der Waals surface area contributed by atoms with Crippen molar-refractivity contribution in [3.63, 3.8) is 0 Å². The molecule has 31 heavy (non-hydrogen) atoms. The molecule has 1 aliphatic rings. The van der Waals surface area contributed by atoms with Gasteiger partial charge in [-0.05, 0) is 43.2 Å². The van der Waals surface area contributed by atoms with Crippen molar-refractivity contribution >= 4 is 17.4 Å².